The largest absolute Gasteiger partial charge is 1.00 e. The summed E-state index contributed by atoms with van der Waals surface area (Å²) in [5.41, 5.74) is 2.09. The number of fused-ring (bicyclic) bond motifs is 2. The third-order valence-electron chi connectivity index (χ3n) is 6.08. The van der Waals surface area contributed by atoms with Gasteiger partial charge in [-0.2, -0.15) is 0 Å². The molecule has 2 aliphatic rings. The second-order valence-corrected chi connectivity index (χ2v) is 8.05. The fraction of sp³-hybridized carbons (Fsp3) is 0.348. The number of likely N-dealkylation sites (N-methyl/N-ethyl adjacent to an activating group) is 1. The van der Waals surface area contributed by atoms with Crippen LogP contribution in [0.3, 0.4) is 0 Å². The lowest BCUT2D eigenvalue weighted by Gasteiger charge is -2.43. The third kappa shape index (κ3) is 4.15. The molecule has 0 spiro atoms. The number of rotatable bonds is 4. The van der Waals surface area contributed by atoms with Crippen LogP contribution in [0.1, 0.15) is 30.0 Å². The predicted molar refractivity (Wildman–Crippen MR) is 106 cm³/mol. The number of carbonyl (C=O) groups excluding carboxylic acids is 1. The van der Waals surface area contributed by atoms with E-state index in [4.69, 9.17) is 4.74 Å². The highest BCUT2D eigenvalue weighted by atomic mass is 79.9. The molecule has 2 heterocycles. The smallest absolute Gasteiger partial charge is 0.408 e. The highest BCUT2D eigenvalue weighted by molar-refractivity contribution is 5.69. The third-order valence-corrected chi connectivity index (χ3v) is 6.08. The van der Waals surface area contributed by atoms with Crippen LogP contribution in [-0.2, 0) is 4.74 Å². The number of ether oxygens (including phenoxy) is 1. The van der Waals surface area contributed by atoms with E-state index < -0.39 is 0 Å². The van der Waals surface area contributed by atoms with Crippen molar-refractivity contribution >= 4 is 6.09 Å². The summed E-state index contributed by atoms with van der Waals surface area (Å²) in [7, 11) is 4.51. The van der Waals surface area contributed by atoms with Crippen LogP contribution < -0.4 is 22.3 Å². The van der Waals surface area contributed by atoms with Crippen LogP contribution in [0.15, 0.2) is 72.8 Å². The number of quaternary nitrogens is 1. The molecule has 1 saturated heterocycles. The van der Waals surface area contributed by atoms with Gasteiger partial charge in [0.05, 0.1) is 20.1 Å². The van der Waals surface area contributed by atoms with Crippen LogP contribution in [0.4, 0.5) is 4.79 Å². The number of hydrogen-bond donors (Lipinski definition) is 1. The minimum Gasteiger partial charge on any atom is -1.00 e. The molecule has 2 bridgehead atoms. The molecule has 1 N–H and O–H groups in total. The molecule has 5 heteroatoms. The molecule has 2 atom stereocenters. The van der Waals surface area contributed by atoms with E-state index in [-0.39, 0.29) is 35.2 Å². The highest BCUT2D eigenvalue weighted by Crippen LogP contribution is 2.36. The van der Waals surface area contributed by atoms with E-state index in [2.05, 4.69) is 31.6 Å². The zero-order valence-corrected chi connectivity index (χ0v) is 17.9. The van der Waals surface area contributed by atoms with Gasteiger partial charge in [0.1, 0.15) is 18.2 Å². The van der Waals surface area contributed by atoms with Crippen molar-refractivity contribution in [1.82, 2.24) is 5.32 Å². The number of hydrogen-bond acceptors (Lipinski definition) is 2. The molecule has 0 saturated carbocycles. The van der Waals surface area contributed by atoms with Crippen molar-refractivity contribution in [2.75, 3.05) is 14.1 Å². The van der Waals surface area contributed by atoms with Crippen LogP contribution in [0, 0.1) is 0 Å². The average molecular weight is 443 g/mol. The second-order valence-electron chi connectivity index (χ2n) is 8.05. The maximum absolute atomic E-state index is 12.7. The molecular weight excluding hydrogens is 416 g/mol. The van der Waals surface area contributed by atoms with Crippen molar-refractivity contribution in [3.8, 4) is 0 Å². The molecule has 2 aromatic rings. The van der Waals surface area contributed by atoms with Gasteiger partial charge in [0, 0.05) is 12.8 Å². The fourth-order valence-corrected chi connectivity index (χ4v) is 4.33. The molecular formula is C23H27BrN2O2. The maximum atomic E-state index is 12.7. The number of benzene rings is 2. The molecule has 1 amide bonds. The standard InChI is InChI=1S/C23H26N2O2.BrH/c1-25(2)19-13-14-20(25)16-21(15-19)27-23(26)24-22(17-9-5-3-6-10-17)18-11-7-4-8-12-18;/h3-14,19-22H,15-16H2,1-2H3;1H. The maximum Gasteiger partial charge on any atom is 0.408 e. The van der Waals surface area contributed by atoms with Crippen LogP contribution in [0.2, 0.25) is 0 Å². The molecule has 148 valence electrons. The van der Waals surface area contributed by atoms with Gasteiger partial charge in [-0.15, -0.1) is 0 Å². The molecule has 4 nitrogen and oxygen atoms in total. The van der Waals surface area contributed by atoms with Gasteiger partial charge in [-0.05, 0) is 23.3 Å². The van der Waals surface area contributed by atoms with Crippen molar-refractivity contribution in [3.05, 3.63) is 83.9 Å². The molecule has 0 aliphatic carbocycles. The first-order valence-electron chi connectivity index (χ1n) is 9.63. The molecule has 2 unspecified atom stereocenters. The first-order valence-corrected chi connectivity index (χ1v) is 9.63. The zero-order valence-electron chi connectivity index (χ0n) is 16.3. The summed E-state index contributed by atoms with van der Waals surface area (Å²) in [5, 5.41) is 3.08. The SMILES string of the molecule is C[N+]1(C)C2C=CC1CC(OC(=O)NC(c1ccccc1)c1ccccc1)C2.[Br-]. The van der Waals surface area contributed by atoms with Gasteiger partial charge in [0.25, 0.3) is 0 Å². The Kier molecular flexibility index (Phi) is 6.26. The van der Waals surface area contributed by atoms with Crippen molar-refractivity contribution in [3.63, 3.8) is 0 Å². The summed E-state index contributed by atoms with van der Waals surface area (Å²) in [5.74, 6) is 0. The Morgan fingerprint density at radius 2 is 1.39 bits per heavy atom. The van der Waals surface area contributed by atoms with Gasteiger partial charge in [0.2, 0.25) is 0 Å². The van der Waals surface area contributed by atoms with Crippen molar-refractivity contribution < 1.29 is 31.0 Å². The van der Waals surface area contributed by atoms with Crippen LogP contribution >= 0.6 is 0 Å². The molecule has 0 aromatic heterocycles. The summed E-state index contributed by atoms with van der Waals surface area (Å²) in [6, 6.07) is 20.7. The van der Waals surface area contributed by atoms with Crippen LogP contribution in [-0.4, -0.2) is 42.9 Å². The molecule has 2 aliphatic heterocycles. The molecule has 1 fully saturated rings. The lowest BCUT2D eigenvalue weighted by molar-refractivity contribution is -0.926. The minimum atomic E-state index is -0.343. The number of carbonyl (C=O) groups is 1. The van der Waals surface area contributed by atoms with E-state index in [1.165, 1.54) is 0 Å². The molecule has 28 heavy (non-hydrogen) atoms. The van der Waals surface area contributed by atoms with Gasteiger partial charge in [-0.3, -0.25) is 0 Å². The van der Waals surface area contributed by atoms with E-state index in [9.17, 15) is 4.79 Å². The Morgan fingerprint density at radius 3 is 1.86 bits per heavy atom. The first-order chi connectivity index (χ1) is 13.0. The Labute approximate surface area is 177 Å². The van der Waals surface area contributed by atoms with E-state index in [1.807, 2.05) is 60.7 Å². The van der Waals surface area contributed by atoms with E-state index in [0.29, 0.717) is 12.1 Å². The second kappa shape index (κ2) is 8.50. The number of piperidine rings is 1. The summed E-state index contributed by atoms with van der Waals surface area (Å²) in [4.78, 5) is 12.7. The summed E-state index contributed by atoms with van der Waals surface area (Å²) in [6.45, 7) is 0. The Balaban J connectivity index is 0.00000225. The van der Waals surface area contributed by atoms with Crippen molar-refractivity contribution in [2.24, 2.45) is 0 Å². The molecule has 4 rings (SSSR count). The van der Waals surface area contributed by atoms with Crippen molar-refractivity contribution in [2.45, 2.75) is 37.1 Å². The van der Waals surface area contributed by atoms with Gasteiger partial charge in [-0.1, -0.05) is 60.7 Å². The number of amides is 1. The fourth-order valence-electron chi connectivity index (χ4n) is 4.33. The zero-order chi connectivity index (χ0) is 18.9. The van der Waals surface area contributed by atoms with E-state index in [1.54, 1.807) is 0 Å². The minimum absolute atomic E-state index is 0. The van der Waals surface area contributed by atoms with Gasteiger partial charge in [0.15, 0.2) is 0 Å². The molecule has 0 radical (unpaired) electrons. The molecule has 2 aromatic carbocycles. The van der Waals surface area contributed by atoms with Crippen molar-refractivity contribution in [1.29, 1.82) is 0 Å². The number of nitrogens with one attached hydrogen (secondary N) is 1. The highest BCUT2D eigenvalue weighted by Gasteiger charge is 2.46. The topological polar surface area (TPSA) is 38.3 Å². The quantitative estimate of drug-likeness (QED) is 0.567. The summed E-state index contributed by atoms with van der Waals surface area (Å²) in [6.07, 6.45) is 5.95. The average Bonchev–Trinajstić information content (AvgIpc) is 2.85. The Morgan fingerprint density at radius 1 is 0.929 bits per heavy atom. The summed E-state index contributed by atoms with van der Waals surface area (Å²) < 4.78 is 6.81. The number of alkyl carbamates (subject to hydrolysis) is 1. The first kappa shape index (κ1) is 20.6. The van der Waals surface area contributed by atoms with E-state index in [0.717, 1.165) is 28.5 Å². The normalized spacial score (nSPS) is 24.5. The monoisotopic (exact) mass is 442 g/mol. The van der Waals surface area contributed by atoms with Gasteiger partial charge in [-0.25, -0.2) is 4.79 Å². The van der Waals surface area contributed by atoms with Gasteiger partial charge >= 0.3 is 6.09 Å². The number of halogens is 1. The number of nitrogens with zero attached hydrogens (tertiary/aromatic N) is 1. The lowest BCUT2D eigenvalue weighted by atomic mass is 9.97. The van der Waals surface area contributed by atoms with Crippen LogP contribution in [0.5, 0.6) is 0 Å². The predicted octanol–water partition coefficient (Wildman–Crippen LogP) is 1.05. The van der Waals surface area contributed by atoms with E-state index >= 15 is 0 Å². The van der Waals surface area contributed by atoms with Crippen LogP contribution in [0.25, 0.3) is 0 Å². The lowest BCUT2D eigenvalue weighted by Crippen LogP contribution is -3.00. The van der Waals surface area contributed by atoms with Gasteiger partial charge < -0.3 is 31.5 Å². The summed E-state index contributed by atoms with van der Waals surface area (Å²) >= 11 is 0. The Bertz CT molecular complexity index is 766. The Hall–Kier alpha value is -2.11.